The van der Waals surface area contributed by atoms with E-state index in [0.717, 1.165) is 0 Å². The third-order valence-corrected chi connectivity index (χ3v) is 2.75. The molecule has 0 spiro atoms. The number of hydrogen-bond donors (Lipinski definition) is 1. The predicted octanol–water partition coefficient (Wildman–Crippen LogP) is 1.80. The Bertz CT molecular complexity index is 407. The summed E-state index contributed by atoms with van der Waals surface area (Å²) >= 11 is 0. The monoisotopic (exact) mass is 252 g/mol. The summed E-state index contributed by atoms with van der Waals surface area (Å²) in [7, 11) is 1.55. The molecule has 1 aromatic rings. The van der Waals surface area contributed by atoms with Crippen molar-refractivity contribution in [2.75, 3.05) is 19.5 Å². The third-order valence-electron chi connectivity index (χ3n) is 2.75. The summed E-state index contributed by atoms with van der Waals surface area (Å²) in [5.74, 6) is 0.0776. The van der Waals surface area contributed by atoms with Gasteiger partial charge in [-0.2, -0.15) is 0 Å². The minimum absolute atomic E-state index is 0.205. The van der Waals surface area contributed by atoms with Crippen LogP contribution in [-0.4, -0.2) is 24.7 Å². The van der Waals surface area contributed by atoms with E-state index >= 15 is 0 Å². The lowest BCUT2D eigenvalue weighted by Gasteiger charge is -2.14. The largest absolute Gasteiger partial charge is 0.481 e. The van der Waals surface area contributed by atoms with Crippen molar-refractivity contribution in [3.8, 4) is 5.88 Å². The zero-order valence-electron chi connectivity index (χ0n) is 11.1. The summed E-state index contributed by atoms with van der Waals surface area (Å²) < 4.78 is 10.1. The fourth-order valence-corrected chi connectivity index (χ4v) is 1.66. The van der Waals surface area contributed by atoms with Gasteiger partial charge in [0.1, 0.15) is 0 Å². The number of nitrogen functional groups attached to an aromatic ring is 1. The fourth-order valence-electron chi connectivity index (χ4n) is 1.66. The van der Waals surface area contributed by atoms with Crippen molar-refractivity contribution in [1.29, 1.82) is 0 Å². The summed E-state index contributed by atoms with van der Waals surface area (Å²) in [6.45, 7) is 4.12. The van der Waals surface area contributed by atoms with Crippen molar-refractivity contribution in [3.05, 3.63) is 17.8 Å². The fraction of sp³-hybridized carbons (Fsp3) is 0.538. The van der Waals surface area contributed by atoms with Gasteiger partial charge in [0.25, 0.3) is 0 Å². The summed E-state index contributed by atoms with van der Waals surface area (Å²) in [5.41, 5.74) is 7.09. The number of aromatic nitrogens is 1. The van der Waals surface area contributed by atoms with Gasteiger partial charge < -0.3 is 15.2 Å². The van der Waals surface area contributed by atoms with E-state index in [9.17, 15) is 4.79 Å². The molecule has 1 aromatic heterocycles. The smallest absolute Gasteiger partial charge is 0.309 e. The lowest BCUT2D eigenvalue weighted by Crippen LogP contribution is -2.20. The number of anilines is 1. The van der Waals surface area contributed by atoms with E-state index in [-0.39, 0.29) is 11.9 Å². The number of rotatable bonds is 6. The second-order valence-electron chi connectivity index (χ2n) is 3.95. The molecular formula is C13H20N2O3. The van der Waals surface area contributed by atoms with Crippen LogP contribution in [-0.2, 0) is 16.0 Å². The molecule has 0 radical (unpaired) electrons. The van der Waals surface area contributed by atoms with Crippen LogP contribution in [0.2, 0.25) is 0 Å². The van der Waals surface area contributed by atoms with Crippen molar-refractivity contribution in [3.63, 3.8) is 0 Å². The summed E-state index contributed by atoms with van der Waals surface area (Å²) in [4.78, 5) is 16.0. The molecule has 1 rings (SSSR count). The van der Waals surface area contributed by atoms with Gasteiger partial charge in [-0.15, -0.1) is 0 Å². The van der Waals surface area contributed by atoms with Crippen LogP contribution >= 0.6 is 0 Å². The van der Waals surface area contributed by atoms with Crippen LogP contribution < -0.4 is 10.5 Å². The molecule has 0 aliphatic rings. The maximum absolute atomic E-state index is 11.7. The summed E-state index contributed by atoms with van der Waals surface area (Å²) in [5, 5.41) is 0. The summed E-state index contributed by atoms with van der Waals surface area (Å²) in [6, 6.07) is 3.43. The first-order valence-electron chi connectivity index (χ1n) is 6.08. The van der Waals surface area contributed by atoms with E-state index in [0.29, 0.717) is 36.7 Å². The first kappa shape index (κ1) is 14.3. The minimum atomic E-state index is -0.216. The van der Waals surface area contributed by atoms with Crippen LogP contribution in [0.25, 0.3) is 0 Å². The molecule has 2 N–H and O–H groups in total. The van der Waals surface area contributed by atoms with Gasteiger partial charge in [0.15, 0.2) is 0 Å². The Kier molecular flexibility index (Phi) is 5.42. The molecular weight excluding hydrogens is 232 g/mol. The Labute approximate surface area is 107 Å². The van der Waals surface area contributed by atoms with Gasteiger partial charge >= 0.3 is 5.97 Å². The van der Waals surface area contributed by atoms with Gasteiger partial charge in [-0.3, -0.25) is 4.79 Å². The van der Waals surface area contributed by atoms with E-state index in [2.05, 4.69) is 4.98 Å². The highest BCUT2D eigenvalue weighted by molar-refractivity contribution is 5.73. The number of methoxy groups -OCH3 is 1. The molecule has 0 aliphatic heterocycles. The average Bonchev–Trinajstić information content (AvgIpc) is 2.38. The van der Waals surface area contributed by atoms with Gasteiger partial charge in [0, 0.05) is 12.5 Å². The first-order chi connectivity index (χ1) is 8.62. The average molecular weight is 252 g/mol. The standard InChI is InChI=1S/C13H20N2O3/c1-4-9(13(16)18-5-2)8-11-10(14)6-7-12(15-11)17-3/h6-7,9H,4-5,8,14H2,1-3H3. The second-order valence-corrected chi connectivity index (χ2v) is 3.95. The number of carbonyl (C=O) groups is 1. The molecule has 0 bridgehead atoms. The molecule has 5 nitrogen and oxygen atoms in total. The van der Waals surface area contributed by atoms with Crippen LogP contribution in [0.4, 0.5) is 5.69 Å². The van der Waals surface area contributed by atoms with Crippen molar-refractivity contribution in [1.82, 2.24) is 4.98 Å². The van der Waals surface area contributed by atoms with Gasteiger partial charge in [0.2, 0.25) is 5.88 Å². The molecule has 0 aliphatic carbocycles. The van der Waals surface area contributed by atoms with E-state index in [1.54, 1.807) is 26.2 Å². The molecule has 0 aromatic carbocycles. The molecule has 1 heterocycles. The van der Waals surface area contributed by atoms with Gasteiger partial charge in [-0.25, -0.2) is 4.98 Å². The number of carbonyl (C=O) groups excluding carboxylic acids is 1. The van der Waals surface area contributed by atoms with Crippen molar-refractivity contribution >= 4 is 11.7 Å². The molecule has 0 saturated heterocycles. The molecule has 5 heteroatoms. The number of nitrogens with zero attached hydrogens (tertiary/aromatic N) is 1. The molecule has 1 atom stereocenters. The molecule has 100 valence electrons. The number of hydrogen-bond acceptors (Lipinski definition) is 5. The zero-order valence-corrected chi connectivity index (χ0v) is 11.1. The Balaban J connectivity index is 2.83. The van der Waals surface area contributed by atoms with Gasteiger partial charge in [0.05, 0.1) is 31.0 Å². The topological polar surface area (TPSA) is 74.4 Å². The molecule has 0 fully saturated rings. The van der Waals surface area contributed by atoms with Crippen molar-refractivity contribution in [2.24, 2.45) is 5.92 Å². The second kappa shape index (κ2) is 6.83. The highest BCUT2D eigenvalue weighted by Crippen LogP contribution is 2.20. The lowest BCUT2D eigenvalue weighted by molar-refractivity contribution is -0.148. The zero-order chi connectivity index (χ0) is 13.5. The Morgan fingerprint density at radius 1 is 1.44 bits per heavy atom. The van der Waals surface area contributed by atoms with Crippen LogP contribution in [0.5, 0.6) is 5.88 Å². The number of ether oxygens (including phenoxy) is 2. The SMILES string of the molecule is CCOC(=O)C(CC)Cc1nc(OC)ccc1N. The van der Waals surface area contributed by atoms with E-state index < -0.39 is 0 Å². The molecule has 18 heavy (non-hydrogen) atoms. The Morgan fingerprint density at radius 2 is 2.17 bits per heavy atom. The number of pyridine rings is 1. The highest BCUT2D eigenvalue weighted by Gasteiger charge is 2.20. The molecule has 0 saturated carbocycles. The molecule has 1 unspecified atom stereocenters. The van der Waals surface area contributed by atoms with Crippen LogP contribution in [0, 0.1) is 5.92 Å². The third kappa shape index (κ3) is 3.61. The van der Waals surface area contributed by atoms with Crippen LogP contribution in [0.3, 0.4) is 0 Å². The number of nitrogens with two attached hydrogens (primary N) is 1. The quantitative estimate of drug-likeness (QED) is 0.781. The van der Waals surface area contributed by atoms with Gasteiger partial charge in [-0.1, -0.05) is 6.92 Å². The Morgan fingerprint density at radius 3 is 2.72 bits per heavy atom. The lowest BCUT2D eigenvalue weighted by atomic mass is 9.99. The number of esters is 1. The van der Waals surface area contributed by atoms with Crippen molar-refractivity contribution < 1.29 is 14.3 Å². The van der Waals surface area contributed by atoms with Crippen LogP contribution in [0.15, 0.2) is 12.1 Å². The Hall–Kier alpha value is -1.78. The predicted molar refractivity (Wildman–Crippen MR) is 69.3 cm³/mol. The first-order valence-corrected chi connectivity index (χ1v) is 6.08. The summed E-state index contributed by atoms with van der Waals surface area (Å²) in [6.07, 6.45) is 1.16. The maximum atomic E-state index is 11.7. The van der Waals surface area contributed by atoms with E-state index in [1.807, 2.05) is 6.92 Å². The maximum Gasteiger partial charge on any atom is 0.309 e. The van der Waals surface area contributed by atoms with Gasteiger partial charge in [-0.05, 0) is 19.4 Å². The normalized spacial score (nSPS) is 11.9. The molecule has 0 amide bonds. The minimum Gasteiger partial charge on any atom is -0.481 e. The van der Waals surface area contributed by atoms with Crippen molar-refractivity contribution in [2.45, 2.75) is 26.7 Å². The van der Waals surface area contributed by atoms with E-state index in [4.69, 9.17) is 15.2 Å². The van der Waals surface area contributed by atoms with Crippen LogP contribution in [0.1, 0.15) is 26.0 Å². The highest BCUT2D eigenvalue weighted by atomic mass is 16.5. The van der Waals surface area contributed by atoms with E-state index in [1.165, 1.54) is 0 Å².